The van der Waals surface area contributed by atoms with Crippen LogP contribution < -0.4 is 4.90 Å². The van der Waals surface area contributed by atoms with E-state index >= 15 is 0 Å². The summed E-state index contributed by atoms with van der Waals surface area (Å²) in [6.45, 7) is 3.77. The maximum absolute atomic E-state index is 13.7. The van der Waals surface area contributed by atoms with E-state index in [4.69, 9.17) is 0 Å². The fraction of sp³-hybridized carbons (Fsp3) is 0.235. The SMILES string of the molecule is Cc1ccc(C2SCC(=O)N2c2cc(F)c(O)cc2C)cc1. The minimum absolute atomic E-state index is 0.0521. The zero-order chi connectivity index (χ0) is 15.9. The van der Waals surface area contributed by atoms with Crippen LogP contribution in [0.25, 0.3) is 0 Å². The Balaban J connectivity index is 2.05. The van der Waals surface area contributed by atoms with Crippen LogP contribution in [0.2, 0.25) is 0 Å². The summed E-state index contributed by atoms with van der Waals surface area (Å²) in [4.78, 5) is 13.9. The molecule has 0 saturated carbocycles. The number of benzene rings is 2. The van der Waals surface area contributed by atoms with Crippen molar-refractivity contribution in [2.24, 2.45) is 0 Å². The second-order valence-corrected chi connectivity index (χ2v) is 6.50. The summed E-state index contributed by atoms with van der Waals surface area (Å²) in [7, 11) is 0. The third kappa shape index (κ3) is 2.57. The van der Waals surface area contributed by atoms with Crippen LogP contribution in [0.3, 0.4) is 0 Å². The Kier molecular flexibility index (Phi) is 3.83. The topological polar surface area (TPSA) is 40.5 Å². The zero-order valence-electron chi connectivity index (χ0n) is 12.3. The van der Waals surface area contributed by atoms with Crippen molar-refractivity contribution in [2.45, 2.75) is 19.2 Å². The third-order valence-corrected chi connectivity index (χ3v) is 4.97. The molecule has 1 unspecified atom stereocenters. The first kappa shape index (κ1) is 14.9. The summed E-state index contributed by atoms with van der Waals surface area (Å²) in [5.74, 6) is -0.801. The number of aryl methyl sites for hydroxylation is 2. The van der Waals surface area contributed by atoms with Gasteiger partial charge in [0, 0.05) is 6.07 Å². The van der Waals surface area contributed by atoms with Crippen LogP contribution in [0, 0.1) is 19.7 Å². The fourth-order valence-corrected chi connectivity index (χ4v) is 3.75. The van der Waals surface area contributed by atoms with Crippen LogP contribution in [0.15, 0.2) is 36.4 Å². The monoisotopic (exact) mass is 317 g/mol. The van der Waals surface area contributed by atoms with Gasteiger partial charge in [0.2, 0.25) is 5.91 Å². The van der Waals surface area contributed by atoms with Gasteiger partial charge in [-0.3, -0.25) is 9.69 Å². The van der Waals surface area contributed by atoms with E-state index < -0.39 is 11.6 Å². The molecule has 1 fully saturated rings. The molecule has 2 aromatic rings. The standard InChI is InChI=1S/C17H16FNO2S/c1-10-3-5-12(6-4-10)17-19(16(21)9-22-17)14-8-13(18)15(20)7-11(14)2/h3-8,17,20H,9H2,1-2H3. The number of hydrogen-bond donors (Lipinski definition) is 1. The average molecular weight is 317 g/mol. The molecular weight excluding hydrogens is 301 g/mol. The lowest BCUT2D eigenvalue weighted by Crippen LogP contribution is -2.28. The van der Waals surface area contributed by atoms with Crippen LogP contribution in [-0.2, 0) is 4.79 Å². The lowest BCUT2D eigenvalue weighted by atomic mass is 10.1. The number of carbonyl (C=O) groups is 1. The van der Waals surface area contributed by atoms with Crippen LogP contribution in [-0.4, -0.2) is 16.8 Å². The van der Waals surface area contributed by atoms with Crippen molar-refractivity contribution >= 4 is 23.4 Å². The van der Waals surface area contributed by atoms with E-state index in [0.29, 0.717) is 17.0 Å². The van der Waals surface area contributed by atoms with Crippen molar-refractivity contribution in [1.29, 1.82) is 0 Å². The molecule has 3 rings (SSSR count). The molecule has 0 bridgehead atoms. The lowest BCUT2D eigenvalue weighted by molar-refractivity contribution is -0.115. The summed E-state index contributed by atoms with van der Waals surface area (Å²) in [5.41, 5.74) is 3.34. The van der Waals surface area contributed by atoms with Crippen molar-refractivity contribution in [3.05, 3.63) is 58.9 Å². The Labute approximate surface area is 132 Å². The molecule has 0 radical (unpaired) electrons. The highest BCUT2D eigenvalue weighted by molar-refractivity contribution is 8.00. The number of halogens is 1. The molecule has 3 nitrogen and oxygen atoms in total. The number of rotatable bonds is 2. The van der Waals surface area contributed by atoms with Crippen molar-refractivity contribution in [2.75, 3.05) is 10.7 Å². The maximum atomic E-state index is 13.7. The Morgan fingerprint density at radius 3 is 2.59 bits per heavy atom. The second-order valence-electron chi connectivity index (χ2n) is 5.43. The average Bonchev–Trinajstić information content (AvgIpc) is 2.85. The zero-order valence-corrected chi connectivity index (χ0v) is 13.2. The first-order valence-electron chi connectivity index (χ1n) is 6.96. The minimum Gasteiger partial charge on any atom is -0.505 e. The Morgan fingerprint density at radius 2 is 1.91 bits per heavy atom. The molecule has 22 heavy (non-hydrogen) atoms. The molecule has 1 saturated heterocycles. The van der Waals surface area contributed by atoms with E-state index in [9.17, 15) is 14.3 Å². The summed E-state index contributed by atoms with van der Waals surface area (Å²) in [6, 6.07) is 10.6. The van der Waals surface area contributed by atoms with Gasteiger partial charge in [0.15, 0.2) is 11.6 Å². The molecule has 1 heterocycles. The van der Waals surface area contributed by atoms with E-state index in [2.05, 4.69) is 0 Å². The molecule has 2 aromatic carbocycles. The summed E-state index contributed by atoms with van der Waals surface area (Å²) < 4.78 is 13.7. The number of phenolic OH excluding ortho intramolecular Hbond substituents is 1. The molecule has 1 aliphatic heterocycles. The number of nitrogens with zero attached hydrogens (tertiary/aromatic N) is 1. The van der Waals surface area contributed by atoms with Gasteiger partial charge in [-0.2, -0.15) is 0 Å². The van der Waals surface area contributed by atoms with E-state index in [1.54, 1.807) is 11.8 Å². The number of hydrogen-bond acceptors (Lipinski definition) is 3. The van der Waals surface area contributed by atoms with Crippen molar-refractivity contribution in [1.82, 2.24) is 0 Å². The van der Waals surface area contributed by atoms with Crippen molar-refractivity contribution in [3.63, 3.8) is 0 Å². The van der Waals surface area contributed by atoms with Gasteiger partial charge in [-0.15, -0.1) is 11.8 Å². The summed E-state index contributed by atoms with van der Waals surface area (Å²) >= 11 is 1.52. The van der Waals surface area contributed by atoms with Crippen LogP contribution in [0.1, 0.15) is 22.1 Å². The predicted octanol–water partition coefficient (Wildman–Crippen LogP) is 3.93. The van der Waals surface area contributed by atoms with Gasteiger partial charge >= 0.3 is 0 Å². The van der Waals surface area contributed by atoms with Gasteiger partial charge in [0.1, 0.15) is 5.37 Å². The molecule has 114 valence electrons. The van der Waals surface area contributed by atoms with Gasteiger partial charge in [0.05, 0.1) is 11.4 Å². The second kappa shape index (κ2) is 5.65. The first-order valence-corrected chi connectivity index (χ1v) is 8.01. The van der Waals surface area contributed by atoms with E-state index in [0.717, 1.165) is 11.1 Å². The first-order chi connectivity index (χ1) is 10.5. The Morgan fingerprint density at radius 1 is 1.23 bits per heavy atom. The highest BCUT2D eigenvalue weighted by atomic mass is 32.2. The van der Waals surface area contributed by atoms with Gasteiger partial charge < -0.3 is 5.11 Å². The van der Waals surface area contributed by atoms with Crippen molar-refractivity contribution < 1.29 is 14.3 Å². The quantitative estimate of drug-likeness (QED) is 0.912. The highest BCUT2D eigenvalue weighted by Gasteiger charge is 2.35. The number of carbonyl (C=O) groups excluding carboxylic acids is 1. The summed E-state index contributed by atoms with van der Waals surface area (Å²) in [5, 5.41) is 9.29. The highest BCUT2D eigenvalue weighted by Crippen LogP contribution is 2.43. The van der Waals surface area contributed by atoms with Gasteiger partial charge in [-0.05, 0) is 31.0 Å². The molecule has 5 heteroatoms. The summed E-state index contributed by atoms with van der Waals surface area (Å²) in [6.07, 6.45) is 0. The van der Waals surface area contributed by atoms with Gasteiger partial charge in [0.25, 0.3) is 0 Å². The fourth-order valence-electron chi connectivity index (χ4n) is 2.58. The smallest absolute Gasteiger partial charge is 0.238 e. The molecule has 1 atom stereocenters. The van der Waals surface area contributed by atoms with E-state index in [1.807, 2.05) is 31.2 Å². The molecule has 1 aliphatic rings. The number of amides is 1. The third-order valence-electron chi connectivity index (χ3n) is 3.76. The largest absolute Gasteiger partial charge is 0.505 e. The van der Waals surface area contributed by atoms with E-state index in [-0.39, 0.29) is 11.3 Å². The minimum atomic E-state index is -0.715. The van der Waals surface area contributed by atoms with Crippen LogP contribution in [0.4, 0.5) is 10.1 Å². The van der Waals surface area contributed by atoms with Crippen molar-refractivity contribution in [3.8, 4) is 5.75 Å². The molecule has 0 aromatic heterocycles. The lowest BCUT2D eigenvalue weighted by Gasteiger charge is -2.26. The maximum Gasteiger partial charge on any atom is 0.238 e. The molecule has 0 spiro atoms. The van der Waals surface area contributed by atoms with Crippen LogP contribution >= 0.6 is 11.8 Å². The predicted molar refractivity (Wildman–Crippen MR) is 86.7 cm³/mol. The molecule has 1 N–H and O–H groups in total. The number of aromatic hydroxyl groups is 1. The molecule has 0 aliphatic carbocycles. The molecule has 1 amide bonds. The van der Waals surface area contributed by atoms with E-state index in [1.165, 1.54) is 23.9 Å². The van der Waals surface area contributed by atoms with Gasteiger partial charge in [-0.1, -0.05) is 29.8 Å². The number of thioether (sulfide) groups is 1. The molecular formula is C17H16FNO2S. The Bertz CT molecular complexity index is 730. The number of phenols is 1. The van der Waals surface area contributed by atoms with Crippen LogP contribution in [0.5, 0.6) is 5.75 Å². The number of anilines is 1. The van der Waals surface area contributed by atoms with Gasteiger partial charge in [-0.25, -0.2) is 4.39 Å². The Hall–Kier alpha value is -2.01. The normalized spacial score (nSPS) is 18.0.